The van der Waals surface area contributed by atoms with Gasteiger partial charge in [-0.15, -0.1) is 0 Å². The van der Waals surface area contributed by atoms with E-state index in [2.05, 4.69) is 4.90 Å². The van der Waals surface area contributed by atoms with Gasteiger partial charge in [-0.3, -0.25) is 4.79 Å². The molecule has 6 nitrogen and oxygen atoms in total. The van der Waals surface area contributed by atoms with E-state index in [0.29, 0.717) is 19.7 Å². The molecule has 0 radical (unpaired) electrons. The lowest BCUT2D eigenvalue weighted by Gasteiger charge is -2.37. The van der Waals surface area contributed by atoms with Gasteiger partial charge in [0, 0.05) is 45.0 Å². The summed E-state index contributed by atoms with van der Waals surface area (Å²) in [6, 6.07) is 13.5. The number of nitrogens with zero attached hydrogens (tertiary/aromatic N) is 2. The van der Waals surface area contributed by atoms with Gasteiger partial charge < -0.3 is 25.0 Å². The molecular weight excluding hydrogens is 361 g/mol. The number of halogens is 1. The molecule has 7 heteroatoms. The van der Waals surface area contributed by atoms with Crippen molar-refractivity contribution in [3.8, 4) is 5.75 Å². The molecule has 1 aliphatic rings. The third kappa shape index (κ3) is 5.21. The number of hydrogen-bond donors (Lipinski definition) is 1. The topological polar surface area (TPSA) is 68.0 Å². The van der Waals surface area contributed by atoms with Crippen molar-refractivity contribution < 1.29 is 18.7 Å². The van der Waals surface area contributed by atoms with E-state index in [-0.39, 0.29) is 18.3 Å². The molecule has 1 amide bonds. The number of ether oxygens (including phenoxy) is 2. The molecule has 1 heterocycles. The third-order valence-corrected chi connectivity index (χ3v) is 4.76. The van der Waals surface area contributed by atoms with Crippen LogP contribution in [0, 0.1) is 5.82 Å². The molecule has 0 spiro atoms. The van der Waals surface area contributed by atoms with Gasteiger partial charge >= 0.3 is 0 Å². The second-order valence-corrected chi connectivity index (χ2v) is 6.79. The molecule has 0 aliphatic carbocycles. The van der Waals surface area contributed by atoms with Crippen LogP contribution < -0.4 is 15.4 Å². The van der Waals surface area contributed by atoms with Crippen LogP contribution in [0.5, 0.6) is 5.75 Å². The van der Waals surface area contributed by atoms with Crippen LogP contribution in [-0.4, -0.2) is 56.7 Å². The molecule has 2 aromatic rings. The van der Waals surface area contributed by atoms with Gasteiger partial charge in [0.2, 0.25) is 5.91 Å². The predicted octanol–water partition coefficient (Wildman–Crippen LogP) is 2.03. The lowest BCUT2D eigenvalue weighted by Crippen LogP contribution is -2.54. The molecule has 28 heavy (non-hydrogen) atoms. The molecule has 0 bridgehead atoms. The highest BCUT2D eigenvalue weighted by Crippen LogP contribution is 2.23. The van der Waals surface area contributed by atoms with E-state index in [0.717, 1.165) is 30.1 Å². The van der Waals surface area contributed by atoms with Crippen molar-refractivity contribution in [3.63, 3.8) is 0 Å². The monoisotopic (exact) mass is 387 g/mol. The molecule has 2 aromatic carbocycles. The van der Waals surface area contributed by atoms with E-state index in [1.54, 1.807) is 17.0 Å². The lowest BCUT2D eigenvalue weighted by molar-refractivity contribution is -0.134. The standard InChI is InChI=1S/C21H26FN3O3/c1-27-15-20(23)21(26)25-11-9-24(10-12-25)18-3-2-4-19(13-18)28-14-16-5-7-17(22)8-6-16/h2-8,13,20H,9-12,14-15,23H2,1H3. The molecular formula is C21H26FN3O3. The highest BCUT2D eigenvalue weighted by Gasteiger charge is 2.25. The summed E-state index contributed by atoms with van der Waals surface area (Å²) < 4.78 is 23.8. The van der Waals surface area contributed by atoms with E-state index in [1.165, 1.54) is 19.2 Å². The summed E-state index contributed by atoms with van der Waals surface area (Å²) in [5.74, 6) is 0.423. The van der Waals surface area contributed by atoms with Crippen LogP contribution in [0.1, 0.15) is 5.56 Å². The van der Waals surface area contributed by atoms with Gasteiger partial charge in [0.05, 0.1) is 6.61 Å². The van der Waals surface area contributed by atoms with Crippen LogP contribution in [0.2, 0.25) is 0 Å². The third-order valence-electron chi connectivity index (χ3n) is 4.76. The van der Waals surface area contributed by atoms with Gasteiger partial charge in [-0.05, 0) is 29.8 Å². The molecule has 2 N–H and O–H groups in total. The Hall–Kier alpha value is -2.64. The first-order valence-electron chi connectivity index (χ1n) is 9.32. The van der Waals surface area contributed by atoms with Crippen LogP contribution >= 0.6 is 0 Å². The summed E-state index contributed by atoms with van der Waals surface area (Å²) in [5, 5.41) is 0. The minimum absolute atomic E-state index is 0.0714. The number of benzene rings is 2. The Labute approximate surface area is 164 Å². The van der Waals surface area contributed by atoms with Crippen LogP contribution in [0.3, 0.4) is 0 Å². The second kappa shape index (κ2) is 9.52. The number of piperazine rings is 1. The van der Waals surface area contributed by atoms with Gasteiger partial charge in [-0.25, -0.2) is 4.39 Å². The first-order chi connectivity index (χ1) is 13.6. The zero-order chi connectivity index (χ0) is 19.9. The molecule has 3 rings (SSSR count). The largest absolute Gasteiger partial charge is 0.489 e. The Morgan fingerprint density at radius 1 is 1.14 bits per heavy atom. The molecule has 1 aliphatic heterocycles. The molecule has 1 unspecified atom stereocenters. The minimum Gasteiger partial charge on any atom is -0.489 e. The molecule has 0 aromatic heterocycles. The number of nitrogens with two attached hydrogens (primary N) is 1. The van der Waals surface area contributed by atoms with Crippen molar-refractivity contribution in [2.24, 2.45) is 5.73 Å². The summed E-state index contributed by atoms with van der Waals surface area (Å²) in [6.07, 6.45) is 0. The average Bonchev–Trinajstić information content (AvgIpc) is 2.73. The first kappa shape index (κ1) is 20.1. The summed E-state index contributed by atoms with van der Waals surface area (Å²) in [6.45, 7) is 3.31. The Morgan fingerprint density at radius 3 is 2.54 bits per heavy atom. The maximum Gasteiger partial charge on any atom is 0.241 e. The number of hydrogen-bond acceptors (Lipinski definition) is 5. The van der Waals surface area contributed by atoms with Crippen molar-refractivity contribution >= 4 is 11.6 Å². The fourth-order valence-electron chi connectivity index (χ4n) is 3.19. The van der Waals surface area contributed by atoms with Crippen molar-refractivity contribution in [2.75, 3.05) is 44.8 Å². The fraction of sp³-hybridized carbons (Fsp3) is 0.381. The SMILES string of the molecule is COCC(N)C(=O)N1CCN(c2cccc(OCc3ccc(F)cc3)c2)CC1. The number of carbonyl (C=O) groups is 1. The van der Waals surface area contributed by atoms with Crippen LogP contribution in [0.15, 0.2) is 48.5 Å². The Bertz CT molecular complexity index is 777. The highest BCUT2D eigenvalue weighted by atomic mass is 19.1. The second-order valence-electron chi connectivity index (χ2n) is 6.79. The van der Waals surface area contributed by atoms with E-state index in [1.807, 2.05) is 24.3 Å². The normalized spacial score (nSPS) is 15.4. The molecule has 0 saturated carbocycles. The molecule has 150 valence electrons. The van der Waals surface area contributed by atoms with Gasteiger partial charge in [0.1, 0.15) is 24.2 Å². The van der Waals surface area contributed by atoms with Crippen molar-refractivity contribution in [1.29, 1.82) is 0 Å². The summed E-state index contributed by atoms with van der Waals surface area (Å²) in [4.78, 5) is 16.3. The Kier molecular flexibility index (Phi) is 6.84. The van der Waals surface area contributed by atoms with Crippen molar-refractivity contribution in [1.82, 2.24) is 4.90 Å². The number of amides is 1. The number of carbonyl (C=O) groups excluding carboxylic acids is 1. The van der Waals surface area contributed by atoms with Crippen molar-refractivity contribution in [2.45, 2.75) is 12.6 Å². The maximum atomic E-state index is 13.0. The van der Waals surface area contributed by atoms with E-state index in [9.17, 15) is 9.18 Å². The van der Waals surface area contributed by atoms with Gasteiger partial charge in [0.25, 0.3) is 0 Å². The molecule has 1 saturated heterocycles. The zero-order valence-electron chi connectivity index (χ0n) is 16.0. The van der Waals surface area contributed by atoms with Crippen molar-refractivity contribution in [3.05, 3.63) is 59.9 Å². The molecule has 1 atom stereocenters. The van der Waals surface area contributed by atoms with Gasteiger partial charge in [-0.1, -0.05) is 18.2 Å². The first-order valence-corrected chi connectivity index (χ1v) is 9.32. The fourth-order valence-corrected chi connectivity index (χ4v) is 3.19. The Balaban J connectivity index is 1.54. The quantitative estimate of drug-likeness (QED) is 0.787. The van der Waals surface area contributed by atoms with Gasteiger partial charge in [-0.2, -0.15) is 0 Å². The highest BCUT2D eigenvalue weighted by molar-refractivity contribution is 5.82. The maximum absolute atomic E-state index is 13.0. The Morgan fingerprint density at radius 2 is 1.86 bits per heavy atom. The van der Waals surface area contributed by atoms with Crippen LogP contribution in [0.4, 0.5) is 10.1 Å². The van der Waals surface area contributed by atoms with Crippen LogP contribution in [0.25, 0.3) is 0 Å². The van der Waals surface area contributed by atoms with E-state index >= 15 is 0 Å². The number of rotatable bonds is 7. The minimum atomic E-state index is -0.611. The summed E-state index contributed by atoms with van der Waals surface area (Å²) >= 11 is 0. The molecule has 1 fully saturated rings. The predicted molar refractivity (Wildman–Crippen MR) is 106 cm³/mol. The summed E-state index contributed by atoms with van der Waals surface area (Å²) in [7, 11) is 1.54. The number of anilines is 1. The smallest absolute Gasteiger partial charge is 0.241 e. The van der Waals surface area contributed by atoms with E-state index < -0.39 is 6.04 Å². The van der Waals surface area contributed by atoms with Crippen LogP contribution in [-0.2, 0) is 16.1 Å². The number of methoxy groups -OCH3 is 1. The average molecular weight is 387 g/mol. The van der Waals surface area contributed by atoms with E-state index in [4.69, 9.17) is 15.2 Å². The zero-order valence-corrected chi connectivity index (χ0v) is 16.0. The summed E-state index contributed by atoms with van der Waals surface area (Å²) in [5.41, 5.74) is 7.80. The van der Waals surface area contributed by atoms with Gasteiger partial charge in [0.15, 0.2) is 0 Å². The lowest BCUT2D eigenvalue weighted by atomic mass is 10.2.